The van der Waals surface area contributed by atoms with Gasteiger partial charge in [-0.05, 0) is 56.7 Å². The molecule has 2 fully saturated rings. The Hall–Kier alpha value is -1.80. The molecule has 2 aliphatic heterocycles. The standard InChI is InChI=1S/C22H29F3N2O3/c1-2-21(8-5-18(12-21)26-17-6-9-29-10-7-17)20(28)27-13-15-11-16(22(23,24)25)3-4-19(15)30-14-27/h3-4,11,17-18,26H,2,5-10,12-14H2,1H3/t18-,21+/m1/s1. The lowest BCUT2D eigenvalue weighted by atomic mass is 9.81. The summed E-state index contributed by atoms with van der Waals surface area (Å²) in [5.74, 6) is 0.410. The van der Waals surface area contributed by atoms with E-state index in [1.54, 1.807) is 4.90 Å². The third-order valence-electron chi connectivity index (χ3n) is 6.84. The Morgan fingerprint density at radius 2 is 2.00 bits per heavy atom. The smallest absolute Gasteiger partial charge is 0.416 e. The molecule has 0 radical (unpaired) electrons. The first kappa shape index (κ1) is 21.4. The minimum atomic E-state index is -4.42. The Labute approximate surface area is 174 Å². The Bertz CT molecular complexity index is 779. The summed E-state index contributed by atoms with van der Waals surface area (Å²) in [6.07, 6.45) is 0.745. The Morgan fingerprint density at radius 1 is 1.23 bits per heavy atom. The summed E-state index contributed by atoms with van der Waals surface area (Å²) < 4.78 is 50.3. The molecule has 1 aromatic carbocycles. The van der Waals surface area contributed by atoms with Crippen LogP contribution in [-0.4, -0.2) is 42.8 Å². The molecule has 2 atom stereocenters. The molecule has 8 heteroatoms. The summed E-state index contributed by atoms with van der Waals surface area (Å²) in [4.78, 5) is 15.0. The quantitative estimate of drug-likeness (QED) is 0.788. The normalized spacial score (nSPS) is 27.6. The minimum absolute atomic E-state index is 0.00987. The molecular weight excluding hydrogens is 397 g/mol. The van der Waals surface area contributed by atoms with Crippen molar-refractivity contribution in [2.45, 2.75) is 70.3 Å². The topological polar surface area (TPSA) is 50.8 Å². The third-order valence-corrected chi connectivity index (χ3v) is 6.84. The van der Waals surface area contributed by atoms with Gasteiger partial charge in [0.05, 0.1) is 17.5 Å². The van der Waals surface area contributed by atoms with E-state index in [9.17, 15) is 18.0 Å². The summed E-state index contributed by atoms with van der Waals surface area (Å²) in [5, 5.41) is 3.70. The fraction of sp³-hybridized carbons (Fsp3) is 0.682. The zero-order valence-electron chi connectivity index (χ0n) is 17.3. The predicted molar refractivity (Wildman–Crippen MR) is 105 cm³/mol. The molecule has 0 bridgehead atoms. The maximum atomic E-state index is 13.5. The number of carbonyl (C=O) groups excluding carboxylic acids is 1. The zero-order valence-corrected chi connectivity index (χ0v) is 17.3. The van der Waals surface area contributed by atoms with Crippen LogP contribution in [0.3, 0.4) is 0 Å². The molecule has 0 spiro atoms. The van der Waals surface area contributed by atoms with Gasteiger partial charge in [-0.25, -0.2) is 0 Å². The molecule has 30 heavy (non-hydrogen) atoms. The monoisotopic (exact) mass is 426 g/mol. The molecule has 1 amide bonds. The van der Waals surface area contributed by atoms with Crippen molar-refractivity contribution in [1.29, 1.82) is 0 Å². The van der Waals surface area contributed by atoms with Gasteiger partial charge in [-0.2, -0.15) is 13.2 Å². The van der Waals surface area contributed by atoms with Crippen molar-refractivity contribution in [1.82, 2.24) is 10.2 Å². The van der Waals surface area contributed by atoms with Crippen molar-refractivity contribution in [2.75, 3.05) is 19.9 Å². The molecule has 0 unspecified atom stereocenters. The lowest BCUT2D eigenvalue weighted by molar-refractivity contribution is -0.147. The van der Waals surface area contributed by atoms with Gasteiger partial charge in [0.2, 0.25) is 5.91 Å². The van der Waals surface area contributed by atoms with Gasteiger partial charge >= 0.3 is 6.18 Å². The largest absolute Gasteiger partial charge is 0.473 e. The van der Waals surface area contributed by atoms with Crippen molar-refractivity contribution in [2.24, 2.45) is 5.41 Å². The number of fused-ring (bicyclic) bond motifs is 1. The number of hydrogen-bond donors (Lipinski definition) is 1. The average Bonchev–Trinajstić information content (AvgIpc) is 3.16. The van der Waals surface area contributed by atoms with Crippen molar-refractivity contribution in [3.8, 4) is 5.75 Å². The van der Waals surface area contributed by atoms with E-state index in [0.717, 1.165) is 57.5 Å². The summed E-state index contributed by atoms with van der Waals surface area (Å²) in [7, 11) is 0. The predicted octanol–water partition coefficient (Wildman–Crippen LogP) is 4.10. The number of carbonyl (C=O) groups is 1. The van der Waals surface area contributed by atoms with Crippen LogP contribution in [-0.2, 0) is 22.3 Å². The number of hydrogen-bond acceptors (Lipinski definition) is 4. The first-order valence-corrected chi connectivity index (χ1v) is 10.8. The fourth-order valence-corrected chi connectivity index (χ4v) is 5.02. The molecule has 0 aromatic heterocycles. The summed E-state index contributed by atoms with van der Waals surface area (Å²) >= 11 is 0. The molecule has 2 heterocycles. The summed E-state index contributed by atoms with van der Waals surface area (Å²) in [5.41, 5.74) is -0.790. The molecule has 1 saturated heterocycles. The van der Waals surface area contributed by atoms with Gasteiger partial charge in [0.1, 0.15) is 5.75 Å². The third kappa shape index (κ3) is 4.30. The lowest BCUT2D eigenvalue weighted by Gasteiger charge is -2.37. The van der Waals surface area contributed by atoms with Crippen LogP contribution in [0.15, 0.2) is 18.2 Å². The van der Waals surface area contributed by atoms with E-state index in [1.807, 2.05) is 6.92 Å². The van der Waals surface area contributed by atoms with Crippen LogP contribution in [0, 0.1) is 5.41 Å². The number of nitrogens with zero attached hydrogens (tertiary/aromatic N) is 1. The number of halogens is 3. The van der Waals surface area contributed by atoms with Crippen LogP contribution in [0.5, 0.6) is 5.75 Å². The van der Waals surface area contributed by atoms with E-state index in [0.29, 0.717) is 23.8 Å². The first-order valence-electron chi connectivity index (χ1n) is 10.8. The molecule has 1 aromatic rings. The Balaban J connectivity index is 1.44. The van der Waals surface area contributed by atoms with Crippen molar-refractivity contribution in [3.63, 3.8) is 0 Å². The van der Waals surface area contributed by atoms with E-state index in [-0.39, 0.29) is 25.2 Å². The molecule has 4 rings (SSSR count). The van der Waals surface area contributed by atoms with Gasteiger partial charge in [-0.1, -0.05) is 6.92 Å². The van der Waals surface area contributed by atoms with Crippen molar-refractivity contribution >= 4 is 5.91 Å². The highest BCUT2D eigenvalue weighted by molar-refractivity contribution is 5.83. The molecular formula is C22H29F3N2O3. The van der Waals surface area contributed by atoms with Crippen LogP contribution in [0.25, 0.3) is 0 Å². The van der Waals surface area contributed by atoms with Gasteiger partial charge in [0, 0.05) is 30.9 Å². The number of nitrogens with one attached hydrogen (secondary N) is 1. The SMILES string of the molecule is CC[C@]1(C(=O)N2COc3ccc(C(F)(F)F)cc3C2)CC[C@@H](NC2CCOCC2)C1. The molecule has 3 aliphatic rings. The van der Waals surface area contributed by atoms with E-state index < -0.39 is 17.2 Å². The van der Waals surface area contributed by atoms with Gasteiger partial charge in [0.25, 0.3) is 0 Å². The van der Waals surface area contributed by atoms with Crippen LogP contribution in [0.4, 0.5) is 13.2 Å². The summed E-state index contributed by atoms with van der Waals surface area (Å²) in [6, 6.07) is 4.17. The second-order valence-electron chi connectivity index (χ2n) is 8.72. The number of amides is 1. The van der Waals surface area contributed by atoms with E-state index in [4.69, 9.17) is 9.47 Å². The molecule has 1 N–H and O–H groups in total. The molecule has 5 nitrogen and oxygen atoms in total. The number of benzene rings is 1. The van der Waals surface area contributed by atoms with E-state index in [1.165, 1.54) is 6.07 Å². The van der Waals surface area contributed by atoms with Crippen LogP contribution in [0.1, 0.15) is 56.6 Å². The first-order chi connectivity index (χ1) is 14.3. The lowest BCUT2D eigenvalue weighted by Crippen LogP contribution is -2.47. The second kappa shape index (κ2) is 8.38. The Morgan fingerprint density at radius 3 is 2.70 bits per heavy atom. The molecule has 1 saturated carbocycles. The van der Waals surface area contributed by atoms with Crippen molar-refractivity contribution < 1.29 is 27.4 Å². The maximum Gasteiger partial charge on any atom is 0.416 e. The van der Waals surface area contributed by atoms with Gasteiger partial charge < -0.3 is 19.7 Å². The summed E-state index contributed by atoms with van der Waals surface area (Å²) in [6.45, 7) is 3.80. The number of rotatable bonds is 4. The Kier molecular flexibility index (Phi) is 5.99. The van der Waals surface area contributed by atoms with Crippen LogP contribution >= 0.6 is 0 Å². The van der Waals surface area contributed by atoms with Gasteiger partial charge in [-0.3, -0.25) is 4.79 Å². The highest BCUT2D eigenvalue weighted by atomic mass is 19.4. The molecule has 1 aliphatic carbocycles. The van der Waals surface area contributed by atoms with Crippen LogP contribution in [0.2, 0.25) is 0 Å². The zero-order chi connectivity index (χ0) is 21.4. The highest BCUT2D eigenvalue weighted by Crippen LogP contribution is 2.44. The minimum Gasteiger partial charge on any atom is -0.473 e. The molecule has 166 valence electrons. The fourth-order valence-electron chi connectivity index (χ4n) is 5.02. The van der Waals surface area contributed by atoms with E-state index >= 15 is 0 Å². The van der Waals surface area contributed by atoms with Crippen LogP contribution < -0.4 is 10.1 Å². The maximum absolute atomic E-state index is 13.5. The number of alkyl halides is 3. The second-order valence-corrected chi connectivity index (χ2v) is 8.72. The van der Waals surface area contributed by atoms with Crippen molar-refractivity contribution in [3.05, 3.63) is 29.3 Å². The van der Waals surface area contributed by atoms with Gasteiger partial charge in [0.15, 0.2) is 6.73 Å². The van der Waals surface area contributed by atoms with E-state index in [2.05, 4.69) is 5.32 Å². The highest BCUT2D eigenvalue weighted by Gasteiger charge is 2.47. The average molecular weight is 426 g/mol. The number of ether oxygens (including phenoxy) is 2. The van der Waals surface area contributed by atoms with Gasteiger partial charge in [-0.15, -0.1) is 0 Å².